The molecule has 2 N–H and O–H groups in total. The topological polar surface area (TPSA) is 61.5 Å². The largest absolute Gasteiger partial charge is 0.489 e. The van der Waals surface area contributed by atoms with E-state index in [9.17, 15) is 4.79 Å². The highest BCUT2D eigenvalue weighted by molar-refractivity contribution is 6.30. The summed E-state index contributed by atoms with van der Waals surface area (Å²) in [6.07, 6.45) is 0. The van der Waals surface area contributed by atoms with E-state index in [1.165, 1.54) is 7.11 Å². The summed E-state index contributed by atoms with van der Waals surface area (Å²) in [5.74, 6) is 0.205. The van der Waals surface area contributed by atoms with E-state index in [0.29, 0.717) is 10.6 Å². The molecular weight excluding hydrogens is 314 g/mol. The number of hydrogen-bond acceptors (Lipinski definition) is 3. The number of hydrogen-bond donors (Lipinski definition) is 1. The summed E-state index contributed by atoms with van der Waals surface area (Å²) in [6.45, 7) is 3.86. The Hall–Kier alpha value is -2.04. The predicted octanol–water partition coefficient (Wildman–Crippen LogP) is 3.57. The number of amides is 1. The van der Waals surface area contributed by atoms with E-state index >= 15 is 0 Å². The Morgan fingerprint density at radius 2 is 1.96 bits per heavy atom. The third-order valence-corrected chi connectivity index (χ3v) is 4.17. The smallest absolute Gasteiger partial charge is 0.254 e. The van der Waals surface area contributed by atoms with Gasteiger partial charge in [-0.2, -0.15) is 0 Å². The Labute approximate surface area is 141 Å². The average molecular weight is 334 g/mol. The molecule has 0 heterocycles. The first-order valence-electron chi connectivity index (χ1n) is 7.21. The standard InChI is InChI=1S/C18H20ClNO3/c1-12-6-4-5-7-16(12)23-11-13-10-14(19)8-9-15(13)18(2,22-3)17(20)21/h4-10H,11H2,1-3H3,(H2,20,21). The minimum atomic E-state index is -1.24. The highest BCUT2D eigenvalue weighted by atomic mass is 35.5. The zero-order valence-electron chi connectivity index (χ0n) is 13.4. The molecule has 2 aromatic carbocycles. The summed E-state index contributed by atoms with van der Waals surface area (Å²) in [4.78, 5) is 11.8. The van der Waals surface area contributed by atoms with Crippen LogP contribution in [-0.2, 0) is 21.7 Å². The van der Waals surface area contributed by atoms with Crippen LogP contribution in [-0.4, -0.2) is 13.0 Å². The molecule has 1 amide bonds. The fourth-order valence-corrected chi connectivity index (χ4v) is 2.56. The van der Waals surface area contributed by atoms with Gasteiger partial charge in [0.05, 0.1) is 0 Å². The second kappa shape index (κ2) is 7.02. The first-order chi connectivity index (χ1) is 10.9. The van der Waals surface area contributed by atoms with Crippen LogP contribution in [0.25, 0.3) is 0 Å². The molecular formula is C18H20ClNO3. The van der Waals surface area contributed by atoms with Gasteiger partial charge in [-0.1, -0.05) is 35.9 Å². The number of primary amides is 1. The van der Waals surface area contributed by atoms with Crippen molar-refractivity contribution in [2.45, 2.75) is 26.1 Å². The molecule has 0 bridgehead atoms. The van der Waals surface area contributed by atoms with E-state index in [0.717, 1.165) is 16.9 Å². The fourth-order valence-electron chi connectivity index (χ4n) is 2.36. The monoisotopic (exact) mass is 333 g/mol. The molecule has 0 aliphatic rings. The van der Waals surface area contributed by atoms with Gasteiger partial charge < -0.3 is 15.2 Å². The molecule has 2 rings (SSSR count). The molecule has 5 heteroatoms. The Bertz CT molecular complexity index is 717. The number of para-hydroxylation sites is 1. The summed E-state index contributed by atoms with van der Waals surface area (Å²) in [6, 6.07) is 12.9. The van der Waals surface area contributed by atoms with E-state index in [1.807, 2.05) is 31.2 Å². The molecule has 4 nitrogen and oxygen atoms in total. The lowest BCUT2D eigenvalue weighted by molar-refractivity contribution is -0.139. The summed E-state index contributed by atoms with van der Waals surface area (Å²) < 4.78 is 11.2. The van der Waals surface area contributed by atoms with Gasteiger partial charge in [-0.15, -0.1) is 0 Å². The second-order valence-corrected chi connectivity index (χ2v) is 5.89. The van der Waals surface area contributed by atoms with Gasteiger partial charge in [0.25, 0.3) is 5.91 Å². The van der Waals surface area contributed by atoms with Crippen LogP contribution in [0, 0.1) is 6.92 Å². The lowest BCUT2D eigenvalue weighted by Gasteiger charge is -2.27. The van der Waals surface area contributed by atoms with Gasteiger partial charge in [-0.05, 0) is 48.7 Å². The predicted molar refractivity (Wildman–Crippen MR) is 90.5 cm³/mol. The van der Waals surface area contributed by atoms with Gasteiger partial charge in [-0.25, -0.2) is 0 Å². The van der Waals surface area contributed by atoms with E-state index in [-0.39, 0.29) is 6.61 Å². The maximum Gasteiger partial charge on any atom is 0.254 e. The Morgan fingerprint density at radius 3 is 2.57 bits per heavy atom. The molecule has 0 saturated heterocycles. The van der Waals surface area contributed by atoms with Crippen molar-refractivity contribution in [3.05, 3.63) is 64.2 Å². The van der Waals surface area contributed by atoms with Crippen LogP contribution in [0.15, 0.2) is 42.5 Å². The van der Waals surface area contributed by atoms with Crippen molar-refractivity contribution in [2.75, 3.05) is 7.11 Å². The molecule has 2 aromatic rings. The zero-order chi connectivity index (χ0) is 17.0. The Morgan fingerprint density at radius 1 is 1.26 bits per heavy atom. The van der Waals surface area contributed by atoms with Crippen LogP contribution in [0.1, 0.15) is 23.6 Å². The lowest BCUT2D eigenvalue weighted by Crippen LogP contribution is -2.41. The van der Waals surface area contributed by atoms with E-state index in [2.05, 4.69) is 0 Å². The van der Waals surface area contributed by atoms with Crippen LogP contribution in [0.2, 0.25) is 5.02 Å². The molecule has 0 radical (unpaired) electrons. The zero-order valence-corrected chi connectivity index (χ0v) is 14.2. The summed E-state index contributed by atoms with van der Waals surface area (Å²) >= 11 is 6.09. The summed E-state index contributed by atoms with van der Waals surface area (Å²) in [5.41, 5.74) is 6.70. The maximum absolute atomic E-state index is 11.8. The molecule has 0 fully saturated rings. The first kappa shape index (κ1) is 17.3. The van der Waals surface area contributed by atoms with E-state index < -0.39 is 11.5 Å². The molecule has 122 valence electrons. The third-order valence-electron chi connectivity index (χ3n) is 3.94. The number of aryl methyl sites for hydroxylation is 1. The van der Waals surface area contributed by atoms with Crippen LogP contribution in [0.4, 0.5) is 0 Å². The molecule has 0 aliphatic carbocycles. The van der Waals surface area contributed by atoms with Gasteiger partial charge in [0, 0.05) is 12.1 Å². The van der Waals surface area contributed by atoms with Crippen molar-refractivity contribution >= 4 is 17.5 Å². The Balaban J connectivity index is 2.36. The van der Waals surface area contributed by atoms with Gasteiger partial charge >= 0.3 is 0 Å². The number of halogens is 1. The number of methoxy groups -OCH3 is 1. The van der Waals surface area contributed by atoms with Gasteiger partial charge in [0.2, 0.25) is 0 Å². The van der Waals surface area contributed by atoms with Crippen molar-refractivity contribution < 1.29 is 14.3 Å². The van der Waals surface area contributed by atoms with Crippen molar-refractivity contribution in [3.8, 4) is 5.75 Å². The minimum Gasteiger partial charge on any atom is -0.489 e. The van der Waals surface area contributed by atoms with Crippen molar-refractivity contribution in [3.63, 3.8) is 0 Å². The highest BCUT2D eigenvalue weighted by Gasteiger charge is 2.35. The summed E-state index contributed by atoms with van der Waals surface area (Å²) in [7, 11) is 1.45. The van der Waals surface area contributed by atoms with E-state index in [4.69, 9.17) is 26.8 Å². The Kier molecular flexibility index (Phi) is 5.29. The van der Waals surface area contributed by atoms with Crippen molar-refractivity contribution in [1.29, 1.82) is 0 Å². The van der Waals surface area contributed by atoms with Gasteiger partial charge in [0.1, 0.15) is 12.4 Å². The number of ether oxygens (including phenoxy) is 2. The quantitative estimate of drug-likeness (QED) is 0.879. The van der Waals surface area contributed by atoms with Crippen LogP contribution in [0.5, 0.6) is 5.75 Å². The van der Waals surface area contributed by atoms with E-state index in [1.54, 1.807) is 25.1 Å². The number of nitrogens with two attached hydrogens (primary N) is 1. The molecule has 0 spiro atoms. The SMILES string of the molecule is COC(C)(C(N)=O)c1ccc(Cl)cc1COc1ccccc1C. The molecule has 1 atom stereocenters. The molecule has 23 heavy (non-hydrogen) atoms. The molecule has 0 aromatic heterocycles. The maximum atomic E-state index is 11.8. The first-order valence-corrected chi connectivity index (χ1v) is 7.58. The van der Waals surface area contributed by atoms with Crippen LogP contribution < -0.4 is 10.5 Å². The fraction of sp³-hybridized carbons (Fsp3) is 0.278. The van der Waals surface area contributed by atoms with Gasteiger partial charge in [-0.3, -0.25) is 4.79 Å². The van der Waals surface area contributed by atoms with Gasteiger partial charge in [0.15, 0.2) is 5.60 Å². The van der Waals surface area contributed by atoms with Crippen LogP contribution in [0.3, 0.4) is 0 Å². The molecule has 0 aliphatic heterocycles. The number of benzene rings is 2. The third kappa shape index (κ3) is 3.66. The van der Waals surface area contributed by atoms with Crippen molar-refractivity contribution in [1.82, 2.24) is 0 Å². The van der Waals surface area contributed by atoms with Crippen LogP contribution >= 0.6 is 11.6 Å². The number of rotatable bonds is 6. The molecule has 0 saturated carbocycles. The number of carbonyl (C=O) groups is 1. The van der Waals surface area contributed by atoms with Crippen molar-refractivity contribution in [2.24, 2.45) is 5.73 Å². The minimum absolute atomic E-state index is 0.257. The molecule has 1 unspecified atom stereocenters. The average Bonchev–Trinajstić information content (AvgIpc) is 2.53. The lowest BCUT2D eigenvalue weighted by atomic mass is 9.90. The normalized spacial score (nSPS) is 13.4. The highest BCUT2D eigenvalue weighted by Crippen LogP contribution is 2.30. The summed E-state index contributed by atoms with van der Waals surface area (Å²) in [5, 5.41) is 0.556. The second-order valence-electron chi connectivity index (χ2n) is 5.46. The number of carbonyl (C=O) groups excluding carboxylic acids is 1.